The first-order valence-corrected chi connectivity index (χ1v) is 5.81. The van der Waals surface area contributed by atoms with Gasteiger partial charge in [0.25, 0.3) is 5.92 Å². The molecule has 6 heteroatoms. The van der Waals surface area contributed by atoms with Gasteiger partial charge in [-0.05, 0) is 19.8 Å². The van der Waals surface area contributed by atoms with E-state index < -0.39 is 23.7 Å². The highest BCUT2D eigenvalue weighted by molar-refractivity contribution is 5.85. The summed E-state index contributed by atoms with van der Waals surface area (Å²) in [6.45, 7) is 1.55. The number of nitrogens with one attached hydrogen (secondary N) is 1. The highest BCUT2D eigenvalue weighted by Gasteiger charge is 2.72. The van der Waals surface area contributed by atoms with E-state index in [9.17, 15) is 18.4 Å². The number of carbonyl (C=O) groups excluding carboxylic acids is 2. The lowest BCUT2D eigenvalue weighted by Gasteiger charge is -2.14. The quantitative estimate of drug-likeness (QED) is 0.617. The third-order valence-corrected chi connectivity index (χ3v) is 3.67. The summed E-state index contributed by atoms with van der Waals surface area (Å²) in [5, 5.41) is 2.53. The normalized spacial score (nSPS) is 32.7. The Labute approximate surface area is 103 Å². The number of halogens is 2. The second kappa shape index (κ2) is 4.33. The van der Waals surface area contributed by atoms with Crippen LogP contribution < -0.4 is 5.32 Å². The van der Waals surface area contributed by atoms with E-state index in [0.29, 0.717) is 5.70 Å². The van der Waals surface area contributed by atoms with Gasteiger partial charge in [0.2, 0.25) is 5.91 Å². The number of hydrogen-bond donors (Lipinski definition) is 1. The van der Waals surface area contributed by atoms with E-state index in [2.05, 4.69) is 10.1 Å². The molecule has 0 aliphatic heterocycles. The predicted molar refractivity (Wildman–Crippen MR) is 58.6 cm³/mol. The summed E-state index contributed by atoms with van der Waals surface area (Å²) in [7, 11) is 1.24. The maximum atomic E-state index is 13.0. The lowest BCUT2D eigenvalue weighted by molar-refractivity contribution is -0.134. The number of carbonyl (C=O) groups is 2. The minimum Gasteiger partial charge on any atom is -0.466 e. The first-order valence-electron chi connectivity index (χ1n) is 5.81. The van der Waals surface area contributed by atoms with Crippen LogP contribution in [0.2, 0.25) is 0 Å². The second-order valence-electron chi connectivity index (χ2n) is 4.90. The molecule has 0 heterocycles. The number of rotatable bonds is 3. The summed E-state index contributed by atoms with van der Waals surface area (Å²) < 4.78 is 30.3. The Balaban J connectivity index is 1.84. The van der Waals surface area contributed by atoms with E-state index >= 15 is 0 Å². The molecule has 0 aromatic heterocycles. The number of allylic oxidation sites excluding steroid dienone is 1. The highest BCUT2D eigenvalue weighted by atomic mass is 19.3. The van der Waals surface area contributed by atoms with Gasteiger partial charge in [-0.2, -0.15) is 0 Å². The van der Waals surface area contributed by atoms with Gasteiger partial charge in [-0.25, -0.2) is 13.6 Å². The molecule has 0 spiro atoms. The van der Waals surface area contributed by atoms with Gasteiger partial charge in [-0.3, -0.25) is 4.79 Å². The van der Waals surface area contributed by atoms with Crippen molar-refractivity contribution in [1.82, 2.24) is 5.32 Å². The van der Waals surface area contributed by atoms with Gasteiger partial charge in [0.15, 0.2) is 0 Å². The number of alkyl halides is 2. The molecule has 2 aliphatic rings. The highest BCUT2D eigenvalue weighted by Crippen LogP contribution is 2.65. The Morgan fingerprint density at radius 3 is 2.39 bits per heavy atom. The molecule has 2 saturated carbocycles. The lowest BCUT2D eigenvalue weighted by Crippen LogP contribution is -2.30. The first kappa shape index (κ1) is 13.0. The summed E-state index contributed by atoms with van der Waals surface area (Å²) >= 11 is 0. The molecule has 0 aromatic rings. The molecule has 0 radical (unpaired) electrons. The van der Waals surface area contributed by atoms with Crippen molar-refractivity contribution in [2.24, 2.45) is 17.8 Å². The monoisotopic (exact) mass is 259 g/mol. The molecule has 100 valence electrons. The molecular formula is C12H15F2NO3. The predicted octanol–water partition coefficient (Wildman–Crippen LogP) is 1.47. The zero-order valence-corrected chi connectivity index (χ0v) is 10.2. The molecule has 18 heavy (non-hydrogen) atoms. The lowest BCUT2D eigenvalue weighted by atomic mass is 10.0. The Bertz CT molecular complexity index is 406. The smallest absolute Gasteiger partial charge is 0.332 e. The van der Waals surface area contributed by atoms with E-state index in [4.69, 9.17) is 0 Å². The van der Waals surface area contributed by atoms with E-state index in [1.165, 1.54) is 7.11 Å². The van der Waals surface area contributed by atoms with Crippen LogP contribution in [-0.4, -0.2) is 24.9 Å². The summed E-state index contributed by atoms with van der Waals surface area (Å²) in [6, 6.07) is 0. The van der Waals surface area contributed by atoms with E-state index in [1.807, 2.05) is 0 Å². The third kappa shape index (κ3) is 2.23. The van der Waals surface area contributed by atoms with Crippen molar-refractivity contribution in [2.45, 2.75) is 25.7 Å². The van der Waals surface area contributed by atoms with Crippen molar-refractivity contribution in [3.05, 3.63) is 11.8 Å². The van der Waals surface area contributed by atoms with Crippen LogP contribution in [0, 0.1) is 17.8 Å². The molecule has 0 saturated heterocycles. The van der Waals surface area contributed by atoms with Crippen molar-refractivity contribution < 1.29 is 23.1 Å². The standard InChI is InChI=1S/C12H15F2NO3/c1-6(3-10(16)18-2)15-11(17)7-4-8-9(5-7)12(8,13)14/h3,7-9H,4-5H2,1-2H3,(H,15,17)/b6-3-. The van der Waals surface area contributed by atoms with Crippen molar-refractivity contribution in [2.75, 3.05) is 7.11 Å². The van der Waals surface area contributed by atoms with Crippen LogP contribution in [-0.2, 0) is 14.3 Å². The fraction of sp³-hybridized carbons (Fsp3) is 0.667. The molecular weight excluding hydrogens is 244 g/mol. The Kier molecular flexibility index (Phi) is 3.12. The summed E-state index contributed by atoms with van der Waals surface area (Å²) in [4.78, 5) is 22.7. The van der Waals surface area contributed by atoms with Crippen molar-refractivity contribution in [1.29, 1.82) is 0 Å². The number of amides is 1. The molecule has 2 rings (SSSR count). The number of fused-ring (bicyclic) bond motifs is 1. The number of esters is 1. The average Bonchev–Trinajstić information content (AvgIpc) is 2.70. The van der Waals surface area contributed by atoms with Gasteiger partial charge in [0.1, 0.15) is 0 Å². The molecule has 2 atom stereocenters. The maximum Gasteiger partial charge on any atom is 0.332 e. The molecule has 0 aromatic carbocycles. The van der Waals surface area contributed by atoms with Crippen molar-refractivity contribution in [3.63, 3.8) is 0 Å². The van der Waals surface area contributed by atoms with Crippen molar-refractivity contribution >= 4 is 11.9 Å². The Hall–Kier alpha value is -1.46. The van der Waals surface area contributed by atoms with Crippen LogP contribution in [0.25, 0.3) is 0 Å². The van der Waals surface area contributed by atoms with E-state index in [-0.39, 0.29) is 24.7 Å². The van der Waals surface area contributed by atoms with Crippen LogP contribution in [0.1, 0.15) is 19.8 Å². The topological polar surface area (TPSA) is 55.4 Å². The van der Waals surface area contributed by atoms with E-state index in [0.717, 1.165) is 6.08 Å². The van der Waals surface area contributed by atoms with E-state index in [1.54, 1.807) is 6.92 Å². The minimum atomic E-state index is -2.56. The van der Waals surface area contributed by atoms with Gasteiger partial charge in [0, 0.05) is 29.5 Å². The summed E-state index contributed by atoms with van der Waals surface area (Å²) in [5.41, 5.74) is 0.360. The zero-order chi connectivity index (χ0) is 13.5. The Morgan fingerprint density at radius 2 is 1.89 bits per heavy atom. The van der Waals surface area contributed by atoms with Crippen molar-refractivity contribution in [3.8, 4) is 0 Å². The van der Waals surface area contributed by atoms with Crippen LogP contribution in [0.15, 0.2) is 11.8 Å². The van der Waals surface area contributed by atoms with Gasteiger partial charge < -0.3 is 10.1 Å². The molecule has 2 unspecified atom stereocenters. The van der Waals surface area contributed by atoms with Crippen LogP contribution in [0.4, 0.5) is 8.78 Å². The van der Waals surface area contributed by atoms with Gasteiger partial charge in [0.05, 0.1) is 7.11 Å². The van der Waals surface area contributed by atoms with Gasteiger partial charge >= 0.3 is 5.97 Å². The number of hydrogen-bond acceptors (Lipinski definition) is 3. The Morgan fingerprint density at radius 1 is 1.33 bits per heavy atom. The molecule has 4 nitrogen and oxygen atoms in total. The molecule has 1 amide bonds. The third-order valence-electron chi connectivity index (χ3n) is 3.67. The number of ether oxygens (including phenoxy) is 1. The second-order valence-corrected chi connectivity index (χ2v) is 4.90. The van der Waals surface area contributed by atoms with Gasteiger partial charge in [-0.15, -0.1) is 0 Å². The molecule has 0 bridgehead atoms. The van der Waals surface area contributed by atoms with Crippen LogP contribution >= 0.6 is 0 Å². The zero-order valence-electron chi connectivity index (χ0n) is 10.2. The largest absolute Gasteiger partial charge is 0.466 e. The first-order chi connectivity index (χ1) is 8.36. The van der Waals surface area contributed by atoms with Crippen LogP contribution in [0.3, 0.4) is 0 Å². The van der Waals surface area contributed by atoms with Gasteiger partial charge in [-0.1, -0.05) is 0 Å². The fourth-order valence-corrected chi connectivity index (χ4v) is 2.59. The molecule has 1 N–H and O–H groups in total. The summed E-state index contributed by atoms with van der Waals surface area (Å²) in [5.74, 6) is -5.05. The average molecular weight is 259 g/mol. The van der Waals surface area contributed by atoms with Crippen LogP contribution in [0.5, 0.6) is 0 Å². The fourth-order valence-electron chi connectivity index (χ4n) is 2.59. The number of methoxy groups -OCH3 is 1. The maximum absolute atomic E-state index is 13.0. The molecule has 2 aliphatic carbocycles. The SMILES string of the molecule is COC(=O)/C=C(/C)NC(=O)C1CC2C(C1)C2(F)F. The minimum absolute atomic E-state index is 0.231. The summed E-state index contributed by atoms with van der Waals surface area (Å²) in [6.07, 6.45) is 1.62. The molecule has 2 fully saturated rings.